The van der Waals surface area contributed by atoms with E-state index in [0.717, 1.165) is 24.4 Å². The molecule has 3 rings (SSSR count). The number of fused-ring (bicyclic) bond motifs is 1. The van der Waals surface area contributed by atoms with Crippen molar-refractivity contribution in [3.8, 4) is 11.4 Å². The second-order valence-corrected chi connectivity index (χ2v) is 3.46. The predicted octanol–water partition coefficient (Wildman–Crippen LogP) is 1.69. The lowest BCUT2D eigenvalue weighted by atomic mass is 10.2. The van der Waals surface area contributed by atoms with Crippen molar-refractivity contribution in [2.45, 2.75) is 19.4 Å². The molecule has 0 fully saturated rings. The molecule has 0 aliphatic carbocycles. The van der Waals surface area contributed by atoms with Gasteiger partial charge in [0.05, 0.1) is 5.69 Å². The van der Waals surface area contributed by atoms with Crippen LogP contribution in [0.1, 0.15) is 12.1 Å². The van der Waals surface area contributed by atoms with Crippen molar-refractivity contribution in [2.75, 3.05) is 0 Å². The smallest absolute Gasteiger partial charge is 0.119 e. The molecule has 0 N–H and O–H groups in total. The van der Waals surface area contributed by atoms with E-state index in [1.54, 1.807) is 6.20 Å². The standard InChI is InChI=1S/C11H10N3/c1-2-6-12-10(5-1)11-8-9-4-3-7-14(9)13-11/h1-2,5-6H,3-4,7H2. The number of nitrogens with zero attached hydrogens (tertiary/aromatic N) is 3. The van der Waals surface area contributed by atoms with Crippen LogP contribution >= 0.6 is 0 Å². The highest BCUT2D eigenvalue weighted by Gasteiger charge is 2.15. The highest BCUT2D eigenvalue weighted by molar-refractivity contribution is 5.53. The summed E-state index contributed by atoms with van der Waals surface area (Å²) in [6.07, 6.45) is 4.08. The Kier molecular flexibility index (Phi) is 1.63. The van der Waals surface area contributed by atoms with Gasteiger partial charge in [-0.1, -0.05) is 6.07 Å². The molecule has 0 spiro atoms. The van der Waals surface area contributed by atoms with E-state index >= 15 is 0 Å². The molecule has 0 aromatic carbocycles. The predicted molar refractivity (Wildman–Crippen MR) is 52.6 cm³/mol. The average Bonchev–Trinajstić information content (AvgIpc) is 2.78. The topological polar surface area (TPSA) is 30.7 Å². The molecule has 1 radical (unpaired) electrons. The molecule has 0 bridgehead atoms. The summed E-state index contributed by atoms with van der Waals surface area (Å²) in [5, 5.41) is 4.46. The first-order valence-corrected chi connectivity index (χ1v) is 4.84. The maximum atomic E-state index is 4.46. The first kappa shape index (κ1) is 7.74. The third-order valence-electron chi connectivity index (χ3n) is 2.49. The molecule has 0 amide bonds. The molecule has 0 saturated heterocycles. The quantitative estimate of drug-likeness (QED) is 0.675. The SMILES string of the molecule is [c]1c(-c2ccccn2)nn2c1CCC2. The second kappa shape index (κ2) is 2.94. The van der Waals surface area contributed by atoms with Crippen LogP contribution in [0.3, 0.4) is 0 Å². The number of hydrogen-bond donors (Lipinski definition) is 0. The van der Waals surface area contributed by atoms with Crippen molar-refractivity contribution < 1.29 is 0 Å². The number of aromatic nitrogens is 3. The van der Waals surface area contributed by atoms with Gasteiger partial charge in [0.25, 0.3) is 0 Å². The van der Waals surface area contributed by atoms with Crippen LogP contribution in [0.25, 0.3) is 11.4 Å². The fraction of sp³-hybridized carbons (Fsp3) is 0.273. The van der Waals surface area contributed by atoms with Crippen LogP contribution in [0.5, 0.6) is 0 Å². The third-order valence-corrected chi connectivity index (χ3v) is 2.49. The molecule has 0 saturated carbocycles. The highest BCUT2D eigenvalue weighted by atomic mass is 15.3. The van der Waals surface area contributed by atoms with Crippen LogP contribution in [0.2, 0.25) is 0 Å². The Morgan fingerprint density at radius 2 is 2.36 bits per heavy atom. The Hall–Kier alpha value is -1.64. The van der Waals surface area contributed by atoms with E-state index in [4.69, 9.17) is 0 Å². The molecule has 14 heavy (non-hydrogen) atoms. The lowest BCUT2D eigenvalue weighted by Gasteiger charge is -1.94. The minimum atomic E-state index is 0.875. The first-order valence-electron chi connectivity index (χ1n) is 4.84. The average molecular weight is 184 g/mol. The van der Waals surface area contributed by atoms with Crippen LogP contribution in [-0.4, -0.2) is 14.8 Å². The van der Waals surface area contributed by atoms with Crippen molar-refractivity contribution in [2.24, 2.45) is 0 Å². The normalized spacial score (nSPS) is 14.3. The lowest BCUT2D eigenvalue weighted by molar-refractivity contribution is 0.658. The zero-order chi connectivity index (χ0) is 9.38. The molecule has 3 heteroatoms. The number of pyridine rings is 1. The second-order valence-electron chi connectivity index (χ2n) is 3.46. The van der Waals surface area contributed by atoms with E-state index in [0.29, 0.717) is 0 Å². The Labute approximate surface area is 82.4 Å². The van der Waals surface area contributed by atoms with E-state index in [2.05, 4.69) is 16.1 Å². The Morgan fingerprint density at radius 3 is 3.14 bits per heavy atom. The van der Waals surface area contributed by atoms with Gasteiger partial charge in [0.15, 0.2) is 0 Å². The molecule has 3 heterocycles. The van der Waals surface area contributed by atoms with Crippen molar-refractivity contribution in [1.82, 2.24) is 14.8 Å². The van der Waals surface area contributed by atoms with Crippen LogP contribution < -0.4 is 0 Å². The van der Waals surface area contributed by atoms with Crippen molar-refractivity contribution in [1.29, 1.82) is 0 Å². The number of rotatable bonds is 1. The molecular formula is C11H10N3. The molecule has 3 nitrogen and oxygen atoms in total. The maximum absolute atomic E-state index is 4.46. The molecular weight excluding hydrogens is 174 g/mol. The summed E-state index contributed by atoms with van der Waals surface area (Å²) in [4.78, 5) is 4.25. The molecule has 2 aromatic rings. The Balaban J connectivity index is 2.06. The number of hydrogen-bond acceptors (Lipinski definition) is 2. The van der Waals surface area contributed by atoms with Gasteiger partial charge in [0, 0.05) is 24.5 Å². The minimum absolute atomic E-state index is 0.875. The molecule has 69 valence electrons. The van der Waals surface area contributed by atoms with Crippen LogP contribution in [0, 0.1) is 6.07 Å². The van der Waals surface area contributed by atoms with Crippen LogP contribution in [0.15, 0.2) is 24.4 Å². The molecule has 2 aromatic heterocycles. The van der Waals surface area contributed by atoms with Gasteiger partial charge in [-0.3, -0.25) is 9.67 Å². The monoisotopic (exact) mass is 184 g/mol. The van der Waals surface area contributed by atoms with Gasteiger partial charge in [-0.2, -0.15) is 5.10 Å². The molecule has 0 unspecified atom stereocenters. The van der Waals surface area contributed by atoms with E-state index in [9.17, 15) is 0 Å². The van der Waals surface area contributed by atoms with Crippen molar-refractivity contribution in [3.63, 3.8) is 0 Å². The summed E-state index contributed by atoms with van der Waals surface area (Å²) in [6, 6.07) is 9.15. The van der Waals surface area contributed by atoms with Gasteiger partial charge in [0.2, 0.25) is 0 Å². The summed E-state index contributed by atoms with van der Waals surface area (Å²) in [5.74, 6) is 0. The van der Waals surface area contributed by atoms with Crippen molar-refractivity contribution >= 4 is 0 Å². The third kappa shape index (κ3) is 1.13. The van der Waals surface area contributed by atoms with Gasteiger partial charge in [0.1, 0.15) is 5.69 Å². The zero-order valence-electron chi connectivity index (χ0n) is 7.77. The van der Waals surface area contributed by atoms with Gasteiger partial charge < -0.3 is 0 Å². The lowest BCUT2D eigenvalue weighted by Crippen LogP contribution is -1.94. The van der Waals surface area contributed by atoms with E-state index < -0.39 is 0 Å². The summed E-state index contributed by atoms with van der Waals surface area (Å²) in [6.45, 7) is 1.03. The first-order chi connectivity index (χ1) is 6.93. The van der Waals surface area contributed by atoms with Crippen molar-refractivity contribution in [3.05, 3.63) is 36.2 Å². The Bertz CT molecular complexity index is 423. The molecule has 1 aliphatic heterocycles. The highest BCUT2D eigenvalue weighted by Crippen LogP contribution is 2.20. The van der Waals surface area contributed by atoms with Gasteiger partial charge in [-0.25, -0.2) is 0 Å². The number of aryl methyl sites for hydroxylation is 2. The largest absolute Gasteiger partial charge is 0.268 e. The molecule has 0 atom stereocenters. The summed E-state index contributed by atoms with van der Waals surface area (Å²) < 4.78 is 2.03. The fourth-order valence-electron chi connectivity index (χ4n) is 1.80. The minimum Gasteiger partial charge on any atom is -0.268 e. The van der Waals surface area contributed by atoms with E-state index in [1.165, 1.54) is 12.1 Å². The van der Waals surface area contributed by atoms with Crippen LogP contribution in [-0.2, 0) is 13.0 Å². The van der Waals surface area contributed by atoms with Crippen LogP contribution in [0.4, 0.5) is 0 Å². The van der Waals surface area contributed by atoms with Gasteiger partial charge >= 0.3 is 0 Å². The summed E-state index contributed by atoms with van der Waals surface area (Å²) in [5.41, 5.74) is 3.00. The van der Waals surface area contributed by atoms with Gasteiger partial charge in [-0.15, -0.1) is 0 Å². The molecule has 1 aliphatic rings. The summed E-state index contributed by atoms with van der Waals surface area (Å²) >= 11 is 0. The Morgan fingerprint density at radius 1 is 1.36 bits per heavy atom. The zero-order valence-corrected chi connectivity index (χ0v) is 7.77. The van der Waals surface area contributed by atoms with E-state index in [1.807, 2.05) is 22.9 Å². The fourth-order valence-corrected chi connectivity index (χ4v) is 1.80. The maximum Gasteiger partial charge on any atom is 0.119 e. The van der Waals surface area contributed by atoms with E-state index in [-0.39, 0.29) is 0 Å². The van der Waals surface area contributed by atoms with Gasteiger partial charge in [-0.05, 0) is 25.0 Å². The summed E-state index contributed by atoms with van der Waals surface area (Å²) in [7, 11) is 0.